The van der Waals surface area contributed by atoms with Crippen LogP contribution in [0.2, 0.25) is 0 Å². The normalized spacial score (nSPS) is 21.0. The average Bonchev–Trinajstić information content (AvgIpc) is 2.72. The first-order chi connectivity index (χ1) is 10.1. The molecule has 116 valence electrons. The predicted octanol–water partition coefficient (Wildman–Crippen LogP) is -0.633. The fourth-order valence-electron chi connectivity index (χ4n) is 2.56. The van der Waals surface area contributed by atoms with Gasteiger partial charge in [0.25, 0.3) is 0 Å². The van der Waals surface area contributed by atoms with Crippen LogP contribution >= 0.6 is 0 Å². The minimum absolute atomic E-state index is 0.284. The van der Waals surface area contributed by atoms with Gasteiger partial charge in [-0.05, 0) is 12.1 Å². The molecule has 6 nitrogen and oxygen atoms in total. The summed E-state index contributed by atoms with van der Waals surface area (Å²) in [5.41, 5.74) is 0. The highest BCUT2D eigenvalue weighted by atomic mass is 32.2. The molecule has 0 amide bonds. The van der Waals surface area contributed by atoms with Crippen LogP contribution in [-0.2, 0) is 10.0 Å². The molecule has 0 bridgehead atoms. The molecule has 0 atom stereocenters. The van der Waals surface area contributed by atoms with Crippen molar-refractivity contribution in [1.82, 2.24) is 4.31 Å². The van der Waals surface area contributed by atoms with Gasteiger partial charge in [-0.25, -0.2) is 8.42 Å². The molecule has 2 aliphatic rings. The van der Waals surface area contributed by atoms with E-state index < -0.39 is 10.0 Å². The zero-order valence-corrected chi connectivity index (χ0v) is 13.0. The maximum absolute atomic E-state index is 12.7. The number of fused-ring (bicyclic) bond motifs is 1. The van der Waals surface area contributed by atoms with Crippen molar-refractivity contribution in [3.8, 4) is 11.5 Å². The quantitative estimate of drug-likeness (QED) is 0.790. The third-order valence-electron chi connectivity index (χ3n) is 3.93. The maximum Gasteiger partial charge on any atom is 0.243 e. The molecule has 0 saturated carbocycles. The van der Waals surface area contributed by atoms with Crippen LogP contribution < -0.4 is 14.4 Å². The van der Waals surface area contributed by atoms with E-state index in [2.05, 4.69) is 7.05 Å². The van der Waals surface area contributed by atoms with E-state index in [1.807, 2.05) is 0 Å². The number of quaternary nitrogens is 1. The van der Waals surface area contributed by atoms with Crippen molar-refractivity contribution in [3.63, 3.8) is 0 Å². The van der Waals surface area contributed by atoms with E-state index in [4.69, 9.17) is 9.47 Å². The van der Waals surface area contributed by atoms with Crippen molar-refractivity contribution in [2.75, 3.05) is 46.4 Å². The largest absolute Gasteiger partial charge is 0.490 e. The number of nitrogens with zero attached hydrogens (tertiary/aromatic N) is 1. The van der Waals surface area contributed by atoms with E-state index in [1.54, 1.807) is 22.5 Å². The highest BCUT2D eigenvalue weighted by Gasteiger charge is 2.30. The van der Waals surface area contributed by atoms with E-state index in [1.165, 1.54) is 4.90 Å². The molecule has 0 aliphatic carbocycles. The fraction of sp³-hybridized carbons (Fsp3) is 0.571. The maximum atomic E-state index is 12.7. The number of hydrogen-bond acceptors (Lipinski definition) is 4. The highest BCUT2D eigenvalue weighted by Crippen LogP contribution is 2.32. The molecule has 0 radical (unpaired) electrons. The smallest absolute Gasteiger partial charge is 0.243 e. The van der Waals surface area contributed by atoms with E-state index in [9.17, 15) is 8.42 Å². The number of likely N-dealkylation sites (N-methyl/N-ethyl adjacent to an activating group) is 1. The summed E-state index contributed by atoms with van der Waals surface area (Å²) in [5.74, 6) is 1.14. The molecular weight excluding hydrogens is 292 g/mol. The number of nitrogens with one attached hydrogen (secondary N) is 1. The fourth-order valence-corrected chi connectivity index (χ4v) is 4.02. The van der Waals surface area contributed by atoms with E-state index in [0.29, 0.717) is 37.8 Å². The lowest BCUT2D eigenvalue weighted by atomic mass is 10.3. The average molecular weight is 313 g/mol. The van der Waals surface area contributed by atoms with Gasteiger partial charge in [-0.2, -0.15) is 4.31 Å². The Kier molecular flexibility index (Phi) is 4.05. The second kappa shape index (κ2) is 5.82. The monoisotopic (exact) mass is 313 g/mol. The molecule has 3 rings (SSSR count). The second-order valence-corrected chi connectivity index (χ2v) is 7.46. The van der Waals surface area contributed by atoms with Crippen LogP contribution in [0, 0.1) is 0 Å². The highest BCUT2D eigenvalue weighted by molar-refractivity contribution is 7.89. The Morgan fingerprint density at radius 2 is 1.76 bits per heavy atom. The number of rotatable bonds is 2. The summed E-state index contributed by atoms with van der Waals surface area (Å²) < 4.78 is 38.0. The number of piperazine rings is 1. The molecule has 0 unspecified atom stereocenters. The lowest BCUT2D eigenvalue weighted by Crippen LogP contribution is -3.12. The Morgan fingerprint density at radius 3 is 2.48 bits per heavy atom. The molecule has 2 heterocycles. The van der Waals surface area contributed by atoms with E-state index >= 15 is 0 Å². The van der Waals surface area contributed by atoms with Gasteiger partial charge in [-0.3, -0.25) is 0 Å². The molecule has 1 aromatic carbocycles. The molecule has 1 fully saturated rings. The summed E-state index contributed by atoms with van der Waals surface area (Å²) in [6, 6.07) is 4.88. The van der Waals surface area contributed by atoms with Gasteiger partial charge in [0.15, 0.2) is 11.5 Å². The van der Waals surface area contributed by atoms with Crippen molar-refractivity contribution in [3.05, 3.63) is 18.2 Å². The van der Waals surface area contributed by atoms with E-state index in [0.717, 1.165) is 19.5 Å². The van der Waals surface area contributed by atoms with Crippen LogP contribution in [0.4, 0.5) is 0 Å². The van der Waals surface area contributed by atoms with Crippen molar-refractivity contribution in [2.24, 2.45) is 0 Å². The number of ether oxygens (including phenoxy) is 2. The third-order valence-corrected chi connectivity index (χ3v) is 5.83. The van der Waals surface area contributed by atoms with Crippen LogP contribution in [-0.4, -0.2) is 59.2 Å². The molecule has 1 N–H and O–H groups in total. The molecule has 7 heteroatoms. The van der Waals surface area contributed by atoms with Crippen molar-refractivity contribution < 1.29 is 22.8 Å². The number of benzene rings is 1. The van der Waals surface area contributed by atoms with Gasteiger partial charge in [0.2, 0.25) is 10.0 Å². The number of hydrogen-bond donors (Lipinski definition) is 1. The third kappa shape index (κ3) is 3.00. The summed E-state index contributed by atoms with van der Waals surface area (Å²) in [5, 5.41) is 0. The van der Waals surface area contributed by atoms with Crippen LogP contribution in [0.25, 0.3) is 0 Å². The molecule has 2 aliphatic heterocycles. The van der Waals surface area contributed by atoms with Crippen LogP contribution in [0.5, 0.6) is 11.5 Å². The Balaban J connectivity index is 1.87. The molecule has 0 spiro atoms. The zero-order valence-electron chi connectivity index (χ0n) is 12.2. The SMILES string of the molecule is C[NH+]1CCN(S(=O)(=O)c2ccc3c(c2)OCCCO3)CC1. The first kappa shape index (κ1) is 14.6. The zero-order chi connectivity index (χ0) is 14.9. The Bertz CT molecular complexity index is 609. The Labute approximate surface area is 125 Å². The van der Waals surface area contributed by atoms with Crippen LogP contribution in [0.1, 0.15) is 6.42 Å². The molecular formula is C14H21N2O4S+. The summed E-state index contributed by atoms with van der Waals surface area (Å²) in [7, 11) is -1.37. The van der Waals surface area contributed by atoms with Crippen molar-refractivity contribution >= 4 is 10.0 Å². The van der Waals surface area contributed by atoms with Gasteiger partial charge in [0, 0.05) is 12.5 Å². The van der Waals surface area contributed by atoms with Gasteiger partial charge < -0.3 is 14.4 Å². The van der Waals surface area contributed by atoms with Crippen molar-refractivity contribution in [2.45, 2.75) is 11.3 Å². The first-order valence-electron chi connectivity index (χ1n) is 7.28. The molecule has 1 aromatic rings. The second-order valence-electron chi connectivity index (χ2n) is 5.52. The summed E-state index contributed by atoms with van der Waals surface area (Å²) in [6.07, 6.45) is 0.804. The Morgan fingerprint density at radius 1 is 1.10 bits per heavy atom. The lowest BCUT2D eigenvalue weighted by Gasteiger charge is -2.29. The van der Waals surface area contributed by atoms with Gasteiger partial charge in [-0.1, -0.05) is 0 Å². The van der Waals surface area contributed by atoms with Gasteiger partial charge in [-0.15, -0.1) is 0 Å². The number of sulfonamides is 1. The van der Waals surface area contributed by atoms with Crippen LogP contribution in [0.3, 0.4) is 0 Å². The van der Waals surface area contributed by atoms with Crippen molar-refractivity contribution in [1.29, 1.82) is 0 Å². The Hall–Kier alpha value is -1.31. The van der Waals surface area contributed by atoms with E-state index in [-0.39, 0.29) is 4.90 Å². The molecule has 0 aromatic heterocycles. The van der Waals surface area contributed by atoms with Gasteiger partial charge in [0.1, 0.15) is 0 Å². The standard InChI is InChI=1S/C14H20N2O4S/c1-15-5-7-16(8-6-15)21(17,18)12-3-4-13-14(11-12)20-10-2-9-19-13/h3-4,11H,2,5-10H2,1H3/p+1. The predicted molar refractivity (Wildman–Crippen MR) is 77.4 cm³/mol. The topological polar surface area (TPSA) is 60.3 Å². The van der Waals surface area contributed by atoms with Gasteiger partial charge in [0.05, 0.1) is 51.3 Å². The summed E-state index contributed by atoms with van der Waals surface area (Å²) >= 11 is 0. The summed E-state index contributed by atoms with van der Waals surface area (Å²) in [4.78, 5) is 1.64. The minimum atomic E-state index is -3.45. The molecule has 1 saturated heterocycles. The van der Waals surface area contributed by atoms with Gasteiger partial charge >= 0.3 is 0 Å². The summed E-state index contributed by atoms with van der Waals surface area (Å²) in [6.45, 7) is 3.94. The minimum Gasteiger partial charge on any atom is -0.490 e. The molecule has 21 heavy (non-hydrogen) atoms. The van der Waals surface area contributed by atoms with Crippen LogP contribution in [0.15, 0.2) is 23.1 Å². The lowest BCUT2D eigenvalue weighted by molar-refractivity contribution is -0.883. The first-order valence-corrected chi connectivity index (χ1v) is 8.72.